The van der Waals surface area contributed by atoms with E-state index in [0.717, 1.165) is 10.5 Å². The van der Waals surface area contributed by atoms with Gasteiger partial charge in [-0.2, -0.15) is 0 Å². The predicted molar refractivity (Wildman–Crippen MR) is 91.4 cm³/mol. The van der Waals surface area contributed by atoms with Crippen molar-refractivity contribution in [2.75, 3.05) is 5.75 Å². The van der Waals surface area contributed by atoms with Crippen LogP contribution in [0.25, 0.3) is 11.3 Å². The predicted octanol–water partition coefficient (Wildman–Crippen LogP) is 3.88. The number of ether oxygens (including phenoxy) is 1. The van der Waals surface area contributed by atoms with Crippen molar-refractivity contribution in [1.29, 1.82) is 0 Å². The van der Waals surface area contributed by atoms with Gasteiger partial charge in [-0.3, -0.25) is 9.78 Å². The van der Waals surface area contributed by atoms with E-state index in [-0.39, 0.29) is 18.3 Å². The molecule has 0 atom stereocenters. The first-order valence-electron chi connectivity index (χ1n) is 7.42. The topological polar surface area (TPSA) is 65.2 Å². The van der Waals surface area contributed by atoms with E-state index in [9.17, 15) is 4.79 Å². The number of esters is 1. The van der Waals surface area contributed by atoms with Crippen LogP contribution in [0.1, 0.15) is 11.3 Å². The van der Waals surface area contributed by atoms with Gasteiger partial charge in [-0.25, -0.2) is 0 Å². The molecule has 0 aliphatic heterocycles. The summed E-state index contributed by atoms with van der Waals surface area (Å²) < 4.78 is 10.5. The second-order valence-corrected chi connectivity index (χ2v) is 6.23. The molecule has 0 saturated heterocycles. The Labute approximate surface area is 144 Å². The van der Waals surface area contributed by atoms with Crippen molar-refractivity contribution in [2.45, 2.75) is 18.4 Å². The highest BCUT2D eigenvalue weighted by Crippen LogP contribution is 2.21. The Kier molecular flexibility index (Phi) is 5.28. The van der Waals surface area contributed by atoms with Gasteiger partial charge >= 0.3 is 5.97 Å². The van der Waals surface area contributed by atoms with Gasteiger partial charge in [0.2, 0.25) is 0 Å². The second kappa shape index (κ2) is 7.79. The standard InChI is InChI=1S/C18H16N2O3S/c1-13-2-4-14(5-3-13)17-10-15(20-23-17)11-22-18(21)12-24-16-6-8-19-9-7-16/h2-10H,11-12H2,1H3. The Morgan fingerprint density at radius 1 is 1.17 bits per heavy atom. The largest absolute Gasteiger partial charge is 0.458 e. The monoisotopic (exact) mass is 340 g/mol. The van der Waals surface area contributed by atoms with E-state index in [1.165, 1.54) is 17.3 Å². The maximum absolute atomic E-state index is 11.8. The number of carbonyl (C=O) groups excluding carboxylic acids is 1. The molecule has 0 saturated carbocycles. The maximum atomic E-state index is 11.8. The van der Waals surface area contributed by atoms with Gasteiger partial charge < -0.3 is 9.26 Å². The normalized spacial score (nSPS) is 10.5. The summed E-state index contributed by atoms with van der Waals surface area (Å²) in [6, 6.07) is 13.4. The SMILES string of the molecule is Cc1ccc(-c2cc(COC(=O)CSc3ccncc3)no2)cc1. The van der Waals surface area contributed by atoms with Crippen LogP contribution in [0, 0.1) is 6.92 Å². The molecule has 0 aliphatic rings. The molecule has 1 aromatic carbocycles. The average molecular weight is 340 g/mol. The van der Waals surface area contributed by atoms with Crippen LogP contribution in [0.3, 0.4) is 0 Å². The quantitative estimate of drug-likeness (QED) is 0.501. The molecule has 2 heterocycles. The van der Waals surface area contributed by atoms with Crippen molar-refractivity contribution < 1.29 is 14.1 Å². The summed E-state index contributed by atoms with van der Waals surface area (Å²) in [5.74, 6) is 0.607. The maximum Gasteiger partial charge on any atom is 0.316 e. The third-order valence-electron chi connectivity index (χ3n) is 3.28. The lowest BCUT2D eigenvalue weighted by atomic mass is 10.1. The zero-order valence-electron chi connectivity index (χ0n) is 13.1. The van der Waals surface area contributed by atoms with Gasteiger partial charge in [0.15, 0.2) is 5.76 Å². The molecule has 6 heteroatoms. The molecular weight excluding hydrogens is 324 g/mol. The Hall–Kier alpha value is -2.60. The Bertz CT molecular complexity index is 801. The van der Waals surface area contributed by atoms with Crippen LogP contribution in [0.15, 0.2) is 64.3 Å². The Balaban J connectivity index is 1.50. The van der Waals surface area contributed by atoms with Gasteiger partial charge in [0, 0.05) is 28.9 Å². The number of benzene rings is 1. The molecule has 5 nitrogen and oxygen atoms in total. The van der Waals surface area contributed by atoms with Crippen LogP contribution < -0.4 is 0 Å². The first kappa shape index (κ1) is 16.3. The summed E-state index contributed by atoms with van der Waals surface area (Å²) in [6.07, 6.45) is 3.38. The van der Waals surface area contributed by atoms with Crippen molar-refractivity contribution in [2.24, 2.45) is 0 Å². The third kappa shape index (κ3) is 4.45. The number of nitrogens with zero attached hydrogens (tertiary/aromatic N) is 2. The van der Waals surface area contributed by atoms with Crippen LogP contribution in [0.4, 0.5) is 0 Å². The molecule has 0 bridgehead atoms. The minimum atomic E-state index is -0.295. The van der Waals surface area contributed by atoms with Gasteiger partial charge in [-0.1, -0.05) is 35.0 Å². The highest BCUT2D eigenvalue weighted by atomic mass is 32.2. The minimum absolute atomic E-state index is 0.102. The van der Waals surface area contributed by atoms with Crippen LogP contribution in [-0.4, -0.2) is 21.9 Å². The van der Waals surface area contributed by atoms with Crippen molar-refractivity contribution in [3.63, 3.8) is 0 Å². The Morgan fingerprint density at radius 3 is 2.67 bits per heavy atom. The smallest absolute Gasteiger partial charge is 0.316 e. The van der Waals surface area contributed by atoms with Crippen LogP contribution in [0.2, 0.25) is 0 Å². The summed E-state index contributed by atoms with van der Waals surface area (Å²) in [4.78, 5) is 16.7. The summed E-state index contributed by atoms with van der Waals surface area (Å²) in [5.41, 5.74) is 2.71. The fourth-order valence-corrected chi connectivity index (χ4v) is 2.69. The van der Waals surface area contributed by atoms with Gasteiger partial charge in [0.1, 0.15) is 12.3 Å². The lowest BCUT2D eigenvalue weighted by Gasteiger charge is -2.02. The number of thioether (sulfide) groups is 1. The lowest BCUT2D eigenvalue weighted by Crippen LogP contribution is -2.07. The van der Waals surface area contributed by atoms with Gasteiger partial charge in [0.05, 0.1) is 5.75 Å². The van der Waals surface area contributed by atoms with Gasteiger partial charge in [0.25, 0.3) is 0 Å². The molecule has 0 N–H and O–H groups in total. The molecule has 0 aliphatic carbocycles. The molecule has 0 amide bonds. The first-order valence-corrected chi connectivity index (χ1v) is 8.40. The number of hydrogen-bond acceptors (Lipinski definition) is 6. The van der Waals surface area contributed by atoms with E-state index in [1.54, 1.807) is 18.5 Å². The first-order chi connectivity index (χ1) is 11.7. The highest BCUT2D eigenvalue weighted by molar-refractivity contribution is 8.00. The lowest BCUT2D eigenvalue weighted by molar-refractivity contribution is -0.141. The van der Waals surface area contributed by atoms with Crippen LogP contribution in [-0.2, 0) is 16.1 Å². The average Bonchev–Trinajstić information content (AvgIpc) is 3.09. The fourth-order valence-electron chi connectivity index (χ4n) is 2.01. The van der Waals surface area contributed by atoms with Gasteiger partial charge in [-0.05, 0) is 19.1 Å². The van der Waals surface area contributed by atoms with E-state index in [2.05, 4.69) is 10.1 Å². The molecule has 0 radical (unpaired) electrons. The van der Waals surface area contributed by atoms with Crippen molar-refractivity contribution >= 4 is 17.7 Å². The van der Waals surface area contributed by atoms with Gasteiger partial charge in [-0.15, -0.1) is 11.8 Å². The number of rotatable bonds is 6. The molecule has 3 aromatic rings. The number of hydrogen-bond donors (Lipinski definition) is 0. The molecule has 0 unspecified atom stereocenters. The number of carbonyl (C=O) groups is 1. The summed E-state index contributed by atoms with van der Waals surface area (Å²) in [7, 11) is 0. The Morgan fingerprint density at radius 2 is 1.92 bits per heavy atom. The third-order valence-corrected chi connectivity index (χ3v) is 4.27. The molecule has 24 heavy (non-hydrogen) atoms. The van der Waals surface area contributed by atoms with Crippen molar-refractivity contribution in [3.05, 3.63) is 66.1 Å². The summed E-state index contributed by atoms with van der Waals surface area (Å²) in [6.45, 7) is 2.13. The zero-order valence-corrected chi connectivity index (χ0v) is 14.0. The fraction of sp³-hybridized carbons (Fsp3) is 0.167. The summed E-state index contributed by atoms with van der Waals surface area (Å²) >= 11 is 1.41. The molecule has 0 fully saturated rings. The van der Waals surface area contributed by atoms with Crippen molar-refractivity contribution in [1.82, 2.24) is 10.1 Å². The molecular formula is C18H16N2O3S. The van der Waals surface area contributed by atoms with Crippen molar-refractivity contribution in [3.8, 4) is 11.3 Å². The number of aryl methyl sites for hydroxylation is 1. The molecule has 0 spiro atoms. The van der Waals surface area contributed by atoms with E-state index in [4.69, 9.17) is 9.26 Å². The molecule has 2 aromatic heterocycles. The number of pyridine rings is 1. The van der Waals surface area contributed by atoms with E-state index in [1.807, 2.05) is 43.3 Å². The van der Waals surface area contributed by atoms with Crippen LogP contribution in [0.5, 0.6) is 0 Å². The van der Waals surface area contributed by atoms with E-state index in [0.29, 0.717) is 11.5 Å². The molecule has 3 rings (SSSR count). The highest BCUT2D eigenvalue weighted by Gasteiger charge is 2.10. The summed E-state index contributed by atoms with van der Waals surface area (Å²) in [5, 5.41) is 3.94. The zero-order chi connectivity index (χ0) is 16.8. The molecule has 122 valence electrons. The minimum Gasteiger partial charge on any atom is -0.458 e. The number of aromatic nitrogens is 2. The van der Waals surface area contributed by atoms with E-state index < -0.39 is 0 Å². The van der Waals surface area contributed by atoms with E-state index >= 15 is 0 Å². The van der Waals surface area contributed by atoms with Crippen LogP contribution >= 0.6 is 11.8 Å². The second-order valence-electron chi connectivity index (χ2n) is 5.18.